The van der Waals surface area contributed by atoms with Crippen LogP contribution in [0.25, 0.3) is 0 Å². The number of hydrogen-bond donors (Lipinski definition) is 1. The fraction of sp³-hybridized carbons (Fsp3) is 0.857. The van der Waals surface area contributed by atoms with Crippen molar-refractivity contribution in [2.45, 2.75) is 71.8 Å². The third-order valence-corrected chi connectivity index (χ3v) is 2.83. The molecule has 0 aromatic rings. The number of rotatable bonds is 10. The molecule has 1 atom stereocenters. The molecule has 1 heteroatoms. The predicted molar refractivity (Wildman–Crippen MR) is 70.3 cm³/mol. The van der Waals surface area contributed by atoms with Gasteiger partial charge in [-0.3, -0.25) is 0 Å². The zero-order valence-corrected chi connectivity index (χ0v) is 10.9. The molecule has 0 rings (SSSR count). The van der Waals surface area contributed by atoms with Crippen molar-refractivity contribution in [2.75, 3.05) is 6.54 Å². The first-order valence-electron chi connectivity index (χ1n) is 6.61. The molecule has 0 fully saturated rings. The van der Waals surface area contributed by atoms with Crippen molar-refractivity contribution in [2.24, 2.45) is 0 Å². The van der Waals surface area contributed by atoms with Gasteiger partial charge in [-0.05, 0) is 26.3 Å². The average molecular weight is 211 g/mol. The Morgan fingerprint density at radius 3 is 2.27 bits per heavy atom. The van der Waals surface area contributed by atoms with Crippen LogP contribution in [-0.2, 0) is 0 Å². The highest BCUT2D eigenvalue weighted by Gasteiger charge is 2.06. The van der Waals surface area contributed by atoms with Crippen LogP contribution in [0, 0.1) is 0 Å². The van der Waals surface area contributed by atoms with Crippen molar-refractivity contribution in [3.8, 4) is 0 Å². The van der Waals surface area contributed by atoms with Crippen molar-refractivity contribution < 1.29 is 0 Å². The molecular weight excluding hydrogens is 182 g/mol. The summed E-state index contributed by atoms with van der Waals surface area (Å²) in [4.78, 5) is 0. The minimum atomic E-state index is 0.548. The summed E-state index contributed by atoms with van der Waals surface area (Å²) in [5, 5.41) is 3.56. The van der Waals surface area contributed by atoms with Crippen LogP contribution in [0.3, 0.4) is 0 Å². The van der Waals surface area contributed by atoms with E-state index >= 15 is 0 Å². The molecule has 15 heavy (non-hydrogen) atoms. The van der Waals surface area contributed by atoms with Gasteiger partial charge in [0, 0.05) is 6.04 Å². The van der Waals surface area contributed by atoms with E-state index in [0.29, 0.717) is 6.04 Å². The fourth-order valence-electron chi connectivity index (χ4n) is 1.79. The molecule has 0 saturated carbocycles. The van der Waals surface area contributed by atoms with Crippen LogP contribution in [-0.4, -0.2) is 12.6 Å². The Kier molecular flexibility index (Phi) is 10.0. The van der Waals surface area contributed by atoms with Crippen LogP contribution in [0.5, 0.6) is 0 Å². The normalized spacial score (nSPS) is 12.7. The van der Waals surface area contributed by atoms with E-state index in [4.69, 9.17) is 0 Å². The highest BCUT2D eigenvalue weighted by molar-refractivity contribution is 5.01. The molecule has 0 spiro atoms. The van der Waals surface area contributed by atoms with Gasteiger partial charge in [0.15, 0.2) is 0 Å². The summed E-state index contributed by atoms with van der Waals surface area (Å²) in [6.45, 7) is 11.8. The van der Waals surface area contributed by atoms with E-state index in [1.165, 1.54) is 50.5 Å². The lowest BCUT2D eigenvalue weighted by Crippen LogP contribution is -2.30. The molecule has 0 amide bonds. The van der Waals surface area contributed by atoms with Gasteiger partial charge in [0.1, 0.15) is 0 Å². The van der Waals surface area contributed by atoms with E-state index in [0.717, 1.165) is 6.54 Å². The first kappa shape index (κ1) is 14.7. The summed E-state index contributed by atoms with van der Waals surface area (Å²) < 4.78 is 0. The van der Waals surface area contributed by atoms with Gasteiger partial charge in [-0.25, -0.2) is 0 Å². The highest BCUT2D eigenvalue weighted by Crippen LogP contribution is 2.11. The molecule has 0 aromatic carbocycles. The molecular formula is C14H29N. The Balaban J connectivity index is 3.53. The van der Waals surface area contributed by atoms with Gasteiger partial charge in [-0.2, -0.15) is 0 Å². The smallest absolute Gasteiger partial charge is 0.0274 e. The monoisotopic (exact) mass is 211 g/mol. The molecule has 0 bridgehead atoms. The topological polar surface area (TPSA) is 12.0 Å². The van der Waals surface area contributed by atoms with E-state index < -0.39 is 0 Å². The predicted octanol–water partition coefficient (Wildman–Crippen LogP) is 4.29. The highest BCUT2D eigenvalue weighted by atomic mass is 14.9. The van der Waals surface area contributed by atoms with Gasteiger partial charge >= 0.3 is 0 Å². The average Bonchev–Trinajstić information content (AvgIpc) is 2.21. The van der Waals surface area contributed by atoms with Crippen LogP contribution in [0.15, 0.2) is 12.2 Å². The third-order valence-electron chi connectivity index (χ3n) is 2.83. The largest absolute Gasteiger partial charge is 0.310 e. The van der Waals surface area contributed by atoms with Gasteiger partial charge in [-0.15, -0.1) is 0 Å². The Hall–Kier alpha value is -0.300. The van der Waals surface area contributed by atoms with Crippen LogP contribution < -0.4 is 5.32 Å². The van der Waals surface area contributed by atoms with Crippen LogP contribution in [0.4, 0.5) is 0 Å². The maximum absolute atomic E-state index is 4.06. The Bertz CT molecular complexity index is 151. The van der Waals surface area contributed by atoms with Gasteiger partial charge < -0.3 is 5.32 Å². The quantitative estimate of drug-likeness (QED) is 0.420. The van der Waals surface area contributed by atoms with Crippen LogP contribution in [0.1, 0.15) is 65.7 Å². The van der Waals surface area contributed by atoms with Crippen LogP contribution in [0.2, 0.25) is 0 Å². The number of unbranched alkanes of at least 4 members (excludes halogenated alkanes) is 4. The maximum atomic E-state index is 4.06. The summed E-state index contributed by atoms with van der Waals surface area (Å²) in [5.74, 6) is 0. The zero-order valence-electron chi connectivity index (χ0n) is 10.9. The lowest BCUT2D eigenvalue weighted by Gasteiger charge is -2.18. The van der Waals surface area contributed by atoms with Gasteiger partial charge in [0.05, 0.1) is 0 Å². The molecule has 1 unspecified atom stereocenters. The number of hydrogen-bond acceptors (Lipinski definition) is 1. The fourth-order valence-corrected chi connectivity index (χ4v) is 1.79. The summed E-state index contributed by atoms with van der Waals surface area (Å²) in [5.41, 5.74) is 1.29. The minimum Gasteiger partial charge on any atom is -0.310 e. The molecule has 0 heterocycles. The lowest BCUT2D eigenvalue weighted by atomic mass is 10.0. The second-order valence-electron chi connectivity index (χ2n) is 4.56. The van der Waals surface area contributed by atoms with E-state index in [1.54, 1.807) is 0 Å². The molecule has 0 aliphatic rings. The summed E-state index contributed by atoms with van der Waals surface area (Å²) >= 11 is 0. The van der Waals surface area contributed by atoms with E-state index in [1.807, 2.05) is 0 Å². The minimum absolute atomic E-state index is 0.548. The van der Waals surface area contributed by atoms with Gasteiger partial charge in [0.2, 0.25) is 0 Å². The van der Waals surface area contributed by atoms with Crippen LogP contribution >= 0.6 is 0 Å². The SMILES string of the molecule is C=C(C)C(CCCCCCC)NCCC. The molecule has 0 aromatic heterocycles. The van der Waals surface area contributed by atoms with Crippen molar-refractivity contribution in [3.63, 3.8) is 0 Å². The second-order valence-corrected chi connectivity index (χ2v) is 4.56. The molecule has 0 saturated heterocycles. The molecule has 90 valence electrons. The Labute approximate surface area is 96.3 Å². The van der Waals surface area contributed by atoms with Gasteiger partial charge in [-0.1, -0.05) is 58.1 Å². The van der Waals surface area contributed by atoms with E-state index in [2.05, 4.69) is 32.7 Å². The first-order chi connectivity index (χ1) is 7.22. The van der Waals surface area contributed by atoms with Crippen molar-refractivity contribution in [1.29, 1.82) is 0 Å². The van der Waals surface area contributed by atoms with E-state index in [9.17, 15) is 0 Å². The third kappa shape index (κ3) is 8.68. The molecule has 0 aliphatic heterocycles. The first-order valence-corrected chi connectivity index (χ1v) is 6.61. The van der Waals surface area contributed by atoms with Crippen molar-refractivity contribution in [3.05, 3.63) is 12.2 Å². The summed E-state index contributed by atoms with van der Waals surface area (Å²) in [6.07, 6.45) is 9.31. The van der Waals surface area contributed by atoms with Crippen molar-refractivity contribution in [1.82, 2.24) is 5.32 Å². The van der Waals surface area contributed by atoms with Crippen molar-refractivity contribution >= 4 is 0 Å². The Morgan fingerprint density at radius 2 is 1.73 bits per heavy atom. The molecule has 1 nitrogen and oxygen atoms in total. The molecule has 0 radical (unpaired) electrons. The zero-order chi connectivity index (χ0) is 11.5. The lowest BCUT2D eigenvalue weighted by molar-refractivity contribution is 0.496. The maximum Gasteiger partial charge on any atom is 0.0274 e. The molecule has 1 N–H and O–H groups in total. The summed E-state index contributed by atoms with van der Waals surface area (Å²) in [7, 11) is 0. The summed E-state index contributed by atoms with van der Waals surface area (Å²) in [6, 6.07) is 0.548. The van der Waals surface area contributed by atoms with E-state index in [-0.39, 0.29) is 0 Å². The standard InChI is InChI=1S/C14H29N/c1-5-7-8-9-10-11-14(13(3)4)15-12-6-2/h14-15H,3,5-12H2,1-2,4H3. The van der Waals surface area contributed by atoms with Gasteiger partial charge in [0.25, 0.3) is 0 Å². The molecule has 0 aliphatic carbocycles. The number of nitrogens with one attached hydrogen (secondary N) is 1. The second kappa shape index (κ2) is 10.2. The Morgan fingerprint density at radius 1 is 1.07 bits per heavy atom.